The fraction of sp³-hybridized carbons (Fsp3) is 0. The molecule has 3 aromatic carbocycles. The van der Waals surface area contributed by atoms with Crippen LogP contribution < -0.4 is 10.2 Å². The maximum atomic E-state index is 12.1. The van der Waals surface area contributed by atoms with Gasteiger partial charge in [-0.15, -0.1) is 0 Å². The van der Waals surface area contributed by atoms with E-state index in [9.17, 15) is 14.9 Å². The van der Waals surface area contributed by atoms with E-state index in [0.717, 1.165) is 5.69 Å². The number of rotatable bonds is 6. The number of para-hydroxylation sites is 1. The molecule has 0 spiro atoms. The lowest BCUT2D eigenvalue weighted by Crippen LogP contribution is -2.09. The fourth-order valence-electron chi connectivity index (χ4n) is 2.27. The highest BCUT2D eigenvalue weighted by atomic mass is 16.6. The molecule has 3 rings (SSSR count). The molecule has 0 aliphatic carbocycles. The summed E-state index contributed by atoms with van der Waals surface area (Å²) in [7, 11) is 0. The van der Waals surface area contributed by atoms with Crippen molar-refractivity contribution < 1.29 is 14.5 Å². The summed E-state index contributed by atoms with van der Waals surface area (Å²) in [5.41, 5.74) is 4.10. The fourth-order valence-corrected chi connectivity index (χ4v) is 2.27. The van der Waals surface area contributed by atoms with Crippen molar-refractivity contribution in [2.75, 3.05) is 5.43 Å². The van der Waals surface area contributed by atoms with Gasteiger partial charge in [-0.1, -0.05) is 36.4 Å². The molecule has 0 bridgehead atoms. The van der Waals surface area contributed by atoms with Crippen molar-refractivity contribution in [3.05, 3.63) is 100 Å². The van der Waals surface area contributed by atoms with Crippen molar-refractivity contribution in [2.24, 2.45) is 5.10 Å². The zero-order valence-corrected chi connectivity index (χ0v) is 14.1. The van der Waals surface area contributed by atoms with Crippen molar-refractivity contribution in [2.45, 2.75) is 0 Å². The molecule has 3 aromatic rings. The van der Waals surface area contributed by atoms with Gasteiger partial charge in [0.25, 0.3) is 0 Å². The topological polar surface area (TPSA) is 93.8 Å². The van der Waals surface area contributed by atoms with Crippen molar-refractivity contribution in [3.63, 3.8) is 0 Å². The third-order valence-corrected chi connectivity index (χ3v) is 3.57. The number of benzene rings is 3. The average molecular weight is 361 g/mol. The molecule has 0 fully saturated rings. The van der Waals surface area contributed by atoms with Gasteiger partial charge in [0, 0.05) is 11.6 Å². The van der Waals surface area contributed by atoms with E-state index in [4.69, 9.17) is 4.74 Å². The normalized spacial score (nSPS) is 10.5. The molecule has 1 N–H and O–H groups in total. The summed E-state index contributed by atoms with van der Waals surface area (Å²) in [6.07, 6.45) is 1.45. The van der Waals surface area contributed by atoms with Crippen LogP contribution >= 0.6 is 0 Å². The largest absolute Gasteiger partial charge is 0.416 e. The second-order valence-electron chi connectivity index (χ2n) is 5.48. The molecule has 0 aromatic heterocycles. The van der Waals surface area contributed by atoms with E-state index in [1.807, 2.05) is 30.3 Å². The van der Waals surface area contributed by atoms with Crippen LogP contribution in [0.4, 0.5) is 11.4 Å². The van der Waals surface area contributed by atoms with Gasteiger partial charge in [0.2, 0.25) is 5.75 Å². The summed E-state index contributed by atoms with van der Waals surface area (Å²) in [4.78, 5) is 22.9. The number of carbonyl (C=O) groups excluding carboxylic acids is 1. The lowest BCUT2D eigenvalue weighted by atomic mass is 10.2. The second kappa shape index (κ2) is 8.39. The lowest BCUT2D eigenvalue weighted by molar-refractivity contribution is -0.385. The van der Waals surface area contributed by atoms with E-state index in [2.05, 4.69) is 10.5 Å². The van der Waals surface area contributed by atoms with E-state index in [1.54, 1.807) is 36.4 Å². The zero-order valence-electron chi connectivity index (χ0n) is 14.1. The Morgan fingerprint density at radius 2 is 1.67 bits per heavy atom. The number of hydrogen-bond donors (Lipinski definition) is 1. The Kier molecular flexibility index (Phi) is 5.54. The van der Waals surface area contributed by atoms with E-state index >= 15 is 0 Å². The highest BCUT2D eigenvalue weighted by Gasteiger charge is 2.19. The summed E-state index contributed by atoms with van der Waals surface area (Å²) in [5, 5.41) is 15.4. The minimum atomic E-state index is -0.661. The van der Waals surface area contributed by atoms with Crippen LogP contribution in [0, 0.1) is 10.1 Å². The predicted molar refractivity (Wildman–Crippen MR) is 102 cm³/mol. The van der Waals surface area contributed by atoms with Crippen LogP contribution in [0.1, 0.15) is 15.9 Å². The summed E-state index contributed by atoms with van der Waals surface area (Å²) in [5.74, 6) is -0.784. The summed E-state index contributed by atoms with van der Waals surface area (Å²) in [6.45, 7) is 0. The van der Waals surface area contributed by atoms with Crippen LogP contribution in [0.25, 0.3) is 0 Å². The Labute approximate surface area is 155 Å². The SMILES string of the molecule is O=C(Oc1ccc(/C=N\Nc2ccccc2)cc1[N+](=O)[O-])c1ccccc1. The maximum Gasteiger partial charge on any atom is 0.343 e. The van der Waals surface area contributed by atoms with Gasteiger partial charge in [-0.2, -0.15) is 5.10 Å². The first-order chi connectivity index (χ1) is 13.1. The van der Waals surface area contributed by atoms with Gasteiger partial charge in [-0.05, 0) is 36.4 Å². The quantitative estimate of drug-likeness (QED) is 0.233. The Balaban J connectivity index is 1.76. The molecular formula is C20H15N3O4. The number of anilines is 1. The molecule has 0 atom stereocenters. The van der Waals surface area contributed by atoms with E-state index < -0.39 is 10.9 Å². The molecular weight excluding hydrogens is 346 g/mol. The van der Waals surface area contributed by atoms with Crippen LogP contribution in [-0.4, -0.2) is 17.1 Å². The molecule has 0 saturated carbocycles. The molecule has 7 nitrogen and oxygen atoms in total. The monoisotopic (exact) mass is 361 g/mol. The minimum absolute atomic E-state index is 0.123. The molecule has 0 heterocycles. The first kappa shape index (κ1) is 17.8. The standard InChI is InChI=1S/C20H15N3O4/c24-20(16-7-3-1-4-8-16)27-19-12-11-15(13-18(19)23(25)26)14-21-22-17-9-5-2-6-10-17/h1-14,22H/b21-14-. The highest BCUT2D eigenvalue weighted by Crippen LogP contribution is 2.28. The molecule has 0 amide bonds. The van der Waals surface area contributed by atoms with Gasteiger partial charge < -0.3 is 4.74 Å². The third-order valence-electron chi connectivity index (χ3n) is 3.57. The number of esters is 1. The number of carbonyl (C=O) groups is 1. The Morgan fingerprint density at radius 1 is 1.00 bits per heavy atom. The first-order valence-electron chi connectivity index (χ1n) is 8.03. The number of hydrogen-bond acceptors (Lipinski definition) is 6. The van der Waals surface area contributed by atoms with Crippen molar-refractivity contribution >= 4 is 23.6 Å². The zero-order chi connectivity index (χ0) is 19.1. The number of nitro groups is 1. The van der Waals surface area contributed by atoms with Crippen molar-refractivity contribution in [1.29, 1.82) is 0 Å². The van der Waals surface area contributed by atoms with Gasteiger partial charge in [0.15, 0.2) is 0 Å². The summed E-state index contributed by atoms with van der Waals surface area (Å²) in [6, 6.07) is 21.8. The molecule has 27 heavy (non-hydrogen) atoms. The van der Waals surface area contributed by atoms with Crippen LogP contribution in [0.5, 0.6) is 5.75 Å². The number of hydrazone groups is 1. The maximum absolute atomic E-state index is 12.1. The number of nitrogens with zero attached hydrogens (tertiary/aromatic N) is 2. The molecule has 134 valence electrons. The van der Waals surface area contributed by atoms with Crippen LogP contribution in [0.3, 0.4) is 0 Å². The first-order valence-corrected chi connectivity index (χ1v) is 8.03. The molecule has 0 aliphatic rings. The number of nitrogens with one attached hydrogen (secondary N) is 1. The van der Waals surface area contributed by atoms with Gasteiger partial charge >= 0.3 is 11.7 Å². The van der Waals surface area contributed by atoms with Crippen molar-refractivity contribution in [3.8, 4) is 5.75 Å². The summed E-state index contributed by atoms with van der Waals surface area (Å²) < 4.78 is 5.18. The molecule has 0 saturated heterocycles. The molecule has 0 aliphatic heterocycles. The van der Waals surface area contributed by atoms with Gasteiger partial charge in [0.05, 0.1) is 22.4 Å². The van der Waals surface area contributed by atoms with Crippen molar-refractivity contribution in [1.82, 2.24) is 0 Å². The summed E-state index contributed by atoms with van der Waals surface area (Å²) >= 11 is 0. The Bertz CT molecular complexity index is 973. The molecule has 0 unspecified atom stereocenters. The second-order valence-corrected chi connectivity index (χ2v) is 5.48. The van der Waals surface area contributed by atoms with Gasteiger partial charge in [0.1, 0.15) is 0 Å². The number of nitro benzene ring substituents is 1. The predicted octanol–water partition coefficient (Wildman–Crippen LogP) is 4.26. The van der Waals surface area contributed by atoms with E-state index in [1.165, 1.54) is 18.3 Å². The minimum Gasteiger partial charge on any atom is -0.416 e. The number of ether oxygens (including phenoxy) is 1. The van der Waals surface area contributed by atoms with Crippen LogP contribution in [0.15, 0.2) is 84.0 Å². The van der Waals surface area contributed by atoms with Gasteiger partial charge in [-0.25, -0.2) is 4.79 Å². The molecule has 0 radical (unpaired) electrons. The average Bonchev–Trinajstić information content (AvgIpc) is 2.70. The van der Waals surface area contributed by atoms with Crippen LogP contribution in [0.2, 0.25) is 0 Å². The molecule has 7 heteroatoms. The lowest BCUT2D eigenvalue weighted by Gasteiger charge is -2.06. The third kappa shape index (κ3) is 4.76. The smallest absolute Gasteiger partial charge is 0.343 e. The highest BCUT2D eigenvalue weighted by molar-refractivity contribution is 5.91. The van der Waals surface area contributed by atoms with Crippen LogP contribution in [-0.2, 0) is 0 Å². The van der Waals surface area contributed by atoms with E-state index in [0.29, 0.717) is 11.1 Å². The van der Waals surface area contributed by atoms with Gasteiger partial charge in [-0.3, -0.25) is 15.5 Å². The Morgan fingerprint density at radius 3 is 2.33 bits per heavy atom. The Hall–Kier alpha value is -4.00. The van der Waals surface area contributed by atoms with E-state index in [-0.39, 0.29) is 11.4 Å².